The first kappa shape index (κ1) is 12.0. The number of nitrogens with one attached hydrogen (secondary N) is 1. The van der Waals surface area contributed by atoms with Crippen molar-refractivity contribution in [2.45, 2.75) is 19.3 Å². The van der Waals surface area contributed by atoms with Crippen LogP contribution in [0.25, 0.3) is 0 Å². The fraction of sp³-hybridized carbons (Fsp3) is 0.538. The van der Waals surface area contributed by atoms with Crippen LogP contribution < -0.4 is 5.32 Å². The fourth-order valence-corrected chi connectivity index (χ4v) is 2.18. The second-order valence-electron chi connectivity index (χ2n) is 4.47. The highest BCUT2D eigenvalue weighted by atomic mass is 16.3. The van der Waals surface area contributed by atoms with Gasteiger partial charge >= 0.3 is 0 Å². The van der Waals surface area contributed by atoms with E-state index in [1.807, 2.05) is 12.1 Å². The molecule has 0 spiro atoms. The summed E-state index contributed by atoms with van der Waals surface area (Å²) in [5.74, 6) is 0. The molecule has 1 aromatic rings. The zero-order valence-corrected chi connectivity index (χ0v) is 10.1. The molecule has 0 saturated carbocycles. The van der Waals surface area contributed by atoms with Crippen LogP contribution in [0.3, 0.4) is 0 Å². The summed E-state index contributed by atoms with van der Waals surface area (Å²) in [6.07, 6.45) is 3.87. The number of rotatable bonds is 6. The van der Waals surface area contributed by atoms with Crippen molar-refractivity contribution in [1.82, 2.24) is 4.90 Å². The maximum Gasteiger partial charge on any atom is 0.108 e. The number of anilines is 1. The van der Waals surface area contributed by atoms with Crippen LogP contribution in [0.5, 0.6) is 0 Å². The molecule has 0 amide bonds. The second kappa shape index (κ2) is 6.35. The average molecular weight is 233 g/mol. The highest BCUT2D eigenvalue weighted by Crippen LogP contribution is 2.15. The smallest absolute Gasteiger partial charge is 0.108 e. The monoisotopic (exact) mass is 233 g/mol. The van der Waals surface area contributed by atoms with Gasteiger partial charge in [-0.25, -0.2) is 0 Å². The fourth-order valence-electron chi connectivity index (χ4n) is 2.18. The van der Waals surface area contributed by atoms with Crippen LogP contribution in [-0.4, -0.2) is 31.1 Å². The molecule has 1 aliphatic rings. The van der Waals surface area contributed by atoms with E-state index in [1.54, 1.807) is 12.1 Å². The third kappa shape index (κ3) is 3.82. The molecule has 1 fully saturated rings. The highest BCUT2D eigenvalue weighted by Gasteiger charge is 2.09. The molecule has 17 heavy (non-hydrogen) atoms. The van der Waals surface area contributed by atoms with Gasteiger partial charge in [-0.3, -0.25) is 0 Å². The highest BCUT2D eigenvalue weighted by molar-refractivity contribution is 5.50. The molecule has 1 N–H and O–H groups in total. The molecular weight excluding hydrogens is 214 g/mol. The third-order valence-electron chi connectivity index (χ3n) is 3.15. The van der Waals surface area contributed by atoms with Gasteiger partial charge in [0.1, 0.15) is 5.69 Å². The van der Waals surface area contributed by atoms with E-state index < -0.39 is 0 Å². The van der Waals surface area contributed by atoms with E-state index in [1.165, 1.54) is 32.5 Å². The van der Waals surface area contributed by atoms with E-state index in [-0.39, 0.29) is 0 Å². The molecule has 1 heterocycles. The zero-order chi connectivity index (χ0) is 11.9. The Kier molecular flexibility index (Phi) is 4.50. The number of nitroso groups, excluding NO2 is 1. The van der Waals surface area contributed by atoms with E-state index in [0.717, 1.165) is 18.7 Å². The molecule has 1 aromatic carbocycles. The van der Waals surface area contributed by atoms with Crippen LogP contribution in [0, 0.1) is 4.91 Å². The first-order valence-corrected chi connectivity index (χ1v) is 6.28. The molecule has 0 aliphatic carbocycles. The van der Waals surface area contributed by atoms with E-state index in [0.29, 0.717) is 5.69 Å². The van der Waals surface area contributed by atoms with Crippen LogP contribution in [0.15, 0.2) is 29.4 Å². The summed E-state index contributed by atoms with van der Waals surface area (Å²) in [6, 6.07) is 7.25. The molecule has 4 heteroatoms. The largest absolute Gasteiger partial charge is 0.385 e. The molecule has 0 atom stereocenters. The van der Waals surface area contributed by atoms with E-state index in [2.05, 4.69) is 15.4 Å². The van der Waals surface area contributed by atoms with Crippen molar-refractivity contribution in [3.63, 3.8) is 0 Å². The minimum Gasteiger partial charge on any atom is -0.385 e. The van der Waals surface area contributed by atoms with Crippen molar-refractivity contribution >= 4 is 11.4 Å². The predicted octanol–water partition coefficient (Wildman–Crippen LogP) is 2.98. The number of nitrogens with zero attached hydrogens (tertiary/aromatic N) is 2. The molecule has 0 aromatic heterocycles. The van der Waals surface area contributed by atoms with Crippen LogP contribution >= 0.6 is 0 Å². The van der Waals surface area contributed by atoms with E-state index in [4.69, 9.17) is 0 Å². The van der Waals surface area contributed by atoms with Gasteiger partial charge in [0.2, 0.25) is 0 Å². The van der Waals surface area contributed by atoms with Crippen molar-refractivity contribution in [2.24, 2.45) is 5.18 Å². The zero-order valence-electron chi connectivity index (χ0n) is 10.1. The van der Waals surface area contributed by atoms with Crippen molar-refractivity contribution in [1.29, 1.82) is 0 Å². The number of benzene rings is 1. The molecule has 4 nitrogen and oxygen atoms in total. The minimum absolute atomic E-state index is 0.479. The van der Waals surface area contributed by atoms with Gasteiger partial charge in [-0.1, -0.05) is 0 Å². The Balaban J connectivity index is 1.65. The van der Waals surface area contributed by atoms with Crippen molar-refractivity contribution < 1.29 is 0 Å². The Bertz CT molecular complexity index is 344. The number of hydrogen-bond acceptors (Lipinski definition) is 4. The second-order valence-corrected chi connectivity index (χ2v) is 4.47. The Morgan fingerprint density at radius 2 is 1.88 bits per heavy atom. The standard InChI is InChI=1S/C13H19N3O/c17-15-13-6-4-12(5-7-13)14-8-3-11-16-9-1-2-10-16/h4-7,14H,1-3,8-11H2. The van der Waals surface area contributed by atoms with Gasteiger partial charge in [-0.2, -0.15) is 0 Å². The molecular formula is C13H19N3O. The topological polar surface area (TPSA) is 44.7 Å². The van der Waals surface area contributed by atoms with Gasteiger partial charge in [0.25, 0.3) is 0 Å². The third-order valence-corrected chi connectivity index (χ3v) is 3.15. The molecule has 92 valence electrons. The summed E-state index contributed by atoms with van der Waals surface area (Å²) in [7, 11) is 0. The van der Waals surface area contributed by atoms with Gasteiger partial charge in [0.15, 0.2) is 0 Å². The Morgan fingerprint density at radius 3 is 2.53 bits per heavy atom. The van der Waals surface area contributed by atoms with Gasteiger partial charge < -0.3 is 10.2 Å². The van der Waals surface area contributed by atoms with Gasteiger partial charge in [0.05, 0.1) is 0 Å². The quantitative estimate of drug-likeness (QED) is 0.607. The summed E-state index contributed by atoms with van der Waals surface area (Å²) < 4.78 is 0. The Hall–Kier alpha value is -1.42. The maximum absolute atomic E-state index is 10.2. The first-order chi connectivity index (χ1) is 8.38. The number of hydrogen-bond donors (Lipinski definition) is 1. The molecule has 1 saturated heterocycles. The number of likely N-dealkylation sites (tertiary alicyclic amines) is 1. The lowest BCUT2D eigenvalue weighted by atomic mass is 10.3. The van der Waals surface area contributed by atoms with Crippen LogP contribution in [-0.2, 0) is 0 Å². The lowest BCUT2D eigenvalue weighted by Gasteiger charge is -2.14. The molecule has 0 bridgehead atoms. The first-order valence-electron chi connectivity index (χ1n) is 6.28. The van der Waals surface area contributed by atoms with E-state index >= 15 is 0 Å². The maximum atomic E-state index is 10.2. The Morgan fingerprint density at radius 1 is 1.18 bits per heavy atom. The van der Waals surface area contributed by atoms with Gasteiger partial charge in [-0.05, 0) is 68.3 Å². The van der Waals surface area contributed by atoms with Crippen molar-refractivity contribution in [3.05, 3.63) is 29.2 Å². The van der Waals surface area contributed by atoms with Crippen molar-refractivity contribution in [2.75, 3.05) is 31.5 Å². The summed E-state index contributed by atoms with van der Waals surface area (Å²) in [6.45, 7) is 4.69. The van der Waals surface area contributed by atoms with Gasteiger partial charge in [-0.15, -0.1) is 4.91 Å². The van der Waals surface area contributed by atoms with Crippen molar-refractivity contribution in [3.8, 4) is 0 Å². The molecule has 0 radical (unpaired) electrons. The summed E-state index contributed by atoms with van der Waals surface area (Å²) in [5.41, 5.74) is 1.53. The lowest BCUT2D eigenvalue weighted by molar-refractivity contribution is 0.337. The van der Waals surface area contributed by atoms with Crippen LogP contribution in [0.4, 0.5) is 11.4 Å². The molecule has 0 unspecified atom stereocenters. The normalized spacial score (nSPS) is 16.0. The Labute approximate surface area is 102 Å². The predicted molar refractivity (Wildman–Crippen MR) is 70.7 cm³/mol. The van der Waals surface area contributed by atoms with Crippen LogP contribution in [0.2, 0.25) is 0 Å². The van der Waals surface area contributed by atoms with Gasteiger partial charge in [0, 0.05) is 12.2 Å². The lowest BCUT2D eigenvalue weighted by Crippen LogP contribution is -2.22. The van der Waals surface area contributed by atoms with Crippen LogP contribution in [0.1, 0.15) is 19.3 Å². The summed E-state index contributed by atoms with van der Waals surface area (Å²) in [4.78, 5) is 12.8. The molecule has 2 rings (SSSR count). The molecule has 1 aliphatic heterocycles. The summed E-state index contributed by atoms with van der Waals surface area (Å²) >= 11 is 0. The van der Waals surface area contributed by atoms with E-state index in [9.17, 15) is 4.91 Å². The average Bonchev–Trinajstić information content (AvgIpc) is 2.88. The summed E-state index contributed by atoms with van der Waals surface area (Å²) in [5, 5.41) is 6.23. The minimum atomic E-state index is 0.479. The SMILES string of the molecule is O=Nc1ccc(NCCCN2CCCC2)cc1.